The van der Waals surface area contributed by atoms with Crippen molar-refractivity contribution in [3.8, 4) is 0 Å². The SMILES string of the molecule is C=C(C)[C@@H]1[C@@H](c2ccccc2)COC(=O)N1S(=O)(=O)c1ccc(C)cc1. The van der Waals surface area contributed by atoms with Gasteiger partial charge in [0.2, 0.25) is 0 Å². The molecule has 3 rings (SSSR count). The van der Waals surface area contributed by atoms with Gasteiger partial charge in [-0.05, 0) is 31.5 Å². The number of cyclic esters (lactones) is 1. The number of hydrogen-bond acceptors (Lipinski definition) is 4. The Morgan fingerprint density at radius 1 is 1.12 bits per heavy atom. The molecule has 26 heavy (non-hydrogen) atoms. The molecule has 1 aliphatic heterocycles. The predicted octanol–water partition coefficient (Wildman–Crippen LogP) is 3.86. The van der Waals surface area contributed by atoms with E-state index < -0.39 is 22.2 Å². The van der Waals surface area contributed by atoms with Gasteiger partial charge in [0.15, 0.2) is 0 Å². The third-order valence-electron chi connectivity index (χ3n) is 4.51. The summed E-state index contributed by atoms with van der Waals surface area (Å²) in [5.74, 6) is -0.313. The first-order valence-electron chi connectivity index (χ1n) is 8.30. The summed E-state index contributed by atoms with van der Waals surface area (Å²) in [6.07, 6.45) is -0.870. The summed E-state index contributed by atoms with van der Waals surface area (Å²) in [7, 11) is -4.07. The van der Waals surface area contributed by atoms with Crippen LogP contribution in [0.1, 0.15) is 24.0 Å². The van der Waals surface area contributed by atoms with Gasteiger partial charge in [-0.3, -0.25) is 0 Å². The topological polar surface area (TPSA) is 63.7 Å². The summed E-state index contributed by atoms with van der Waals surface area (Å²) < 4.78 is 32.4. The van der Waals surface area contributed by atoms with Crippen molar-refractivity contribution in [1.29, 1.82) is 0 Å². The van der Waals surface area contributed by atoms with E-state index in [9.17, 15) is 13.2 Å². The Kier molecular flexibility index (Phi) is 4.87. The third kappa shape index (κ3) is 3.24. The number of benzene rings is 2. The molecule has 0 aliphatic carbocycles. The van der Waals surface area contributed by atoms with Crippen molar-refractivity contribution in [3.63, 3.8) is 0 Å². The zero-order valence-electron chi connectivity index (χ0n) is 14.8. The molecule has 0 aromatic heterocycles. The molecule has 1 fully saturated rings. The van der Waals surface area contributed by atoms with Crippen molar-refractivity contribution in [2.45, 2.75) is 30.7 Å². The fraction of sp³-hybridized carbons (Fsp3) is 0.250. The third-order valence-corrected chi connectivity index (χ3v) is 6.27. The highest BCUT2D eigenvalue weighted by atomic mass is 32.2. The predicted molar refractivity (Wildman–Crippen MR) is 99.3 cm³/mol. The van der Waals surface area contributed by atoms with E-state index in [-0.39, 0.29) is 17.4 Å². The van der Waals surface area contributed by atoms with Crippen LogP contribution in [0.15, 0.2) is 71.6 Å². The first kappa shape index (κ1) is 18.2. The summed E-state index contributed by atoms with van der Waals surface area (Å²) in [6.45, 7) is 7.66. The lowest BCUT2D eigenvalue weighted by molar-refractivity contribution is 0.0733. The van der Waals surface area contributed by atoms with Gasteiger partial charge in [0.05, 0.1) is 10.9 Å². The number of hydrogen-bond donors (Lipinski definition) is 0. The van der Waals surface area contributed by atoms with Gasteiger partial charge in [0.25, 0.3) is 10.0 Å². The maximum absolute atomic E-state index is 13.2. The van der Waals surface area contributed by atoms with Crippen LogP contribution in [0, 0.1) is 6.92 Å². The Morgan fingerprint density at radius 2 is 1.73 bits per heavy atom. The zero-order chi connectivity index (χ0) is 18.9. The summed E-state index contributed by atoms with van der Waals surface area (Å²) >= 11 is 0. The number of sulfonamides is 1. The number of nitrogens with zero attached hydrogens (tertiary/aromatic N) is 1. The van der Waals surface area contributed by atoms with Crippen LogP contribution in [0.2, 0.25) is 0 Å². The molecule has 2 aromatic carbocycles. The van der Waals surface area contributed by atoms with Crippen LogP contribution in [-0.4, -0.2) is 31.5 Å². The van der Waals surface area contributed by atoms with Gasteiger partial charge in [0, 0.05) is 5.92 Å². The van der Waals surface area contributed by atoms with E-state index in [0.717, 1.165) is 15.4 Å². The lowest BCUT2D eigenvalue weighted by atomic mass is 9.88. The molecule has 0 unspecified atom stereocenters. The van der Waals surface area contributed by atoms with E-state index in [0.29, 0.717) is 5.57 Å². The van der Waals surface area contributed by atoms with Gasteiger partial charge in [-0.1, -0.05) is 60.2 Å². The van der Waals surface area contributed by atoms with E-state index in [1.165, 1.54) is 12.1 Å². The second kappa shape index (κ2) is 6.96. The number of aryl methyl sites for hydroxylation is 1. The van der Waals surface area contributed by atoms with Crippen LogP contribution < -0.4 is 0 Å². The molecular weight excluding hydrogens is 350 g/mol. The summed E-state index contributed by atoms with van der Waals surface area (Å²) in [5.41, 5.74) is 2.42. The molecule has 2 aromatic rings. The average molecular weight is 371 g/mol. The van der Waals surface area contributed by atoms with Crippen LogP contribution >= 0.6 is 0 Å². The molecule has 6 heteroatoms. The van der Waals surface area contributed by atoms with Crippen molar-refractivity contribution >= 4 is 16.1 Å². The molecule has 1 aliphatic rings. The molecule has 2 atom stereocenters. The minimum absolute atomic E-state index is 0.0556. The molecule has 1 heterocycles. The quantitative estimate of drug-likeness (QED) is 0.766. The highest BCUT2D eigenvalue weighted by Gasteiger charge is 2.45. The van der Waals surface area contributed by atoms with Crippen molar-refractivity contribution in [2.75, 3.05) is 6.61 Å². The van der Waals surface area contributed by atoms with Crippen molar-refractivity contribution in [2.24, 2.45) is 0 Å². The summed E-state index contributed by atoms with van der Waals surface area (Å²) in [6, 6.07) is 15.1. The first-order valence-corrected chi connectivity index (χ1v) is 9.74. The van der Waals surface area contributed by atoms with Crippen molar-refractivity contribution < 1.29 is 17.9 Å². The van der Waals surface area contributed by atoms with E-state index in [2.05, 4.69) is 6.58 Å². The maximum atomic E-state index is 13.2. The number of rotatable bonds is 4. The summed E-state index contributed by atoms with van der Waals surface area (Å²) in [4.78, 5) is 12.5. The first-order chi connectivity index (χ1) is 12.3. The fourth-order valence-corrected chi connectivity index (χ4v) is 4.77. The Labute approximate surface area is 154 Å². The molecule has 0 spiro atoms. The van der Waals surface area contributed by atoms with E-state index in [1.807, 2.05) is 37.3 Å². The maximum Gasteiger partial charge on any atom is 0.424 e. The van der Waals surface area contributed by atoms with Crippen LogP contribution in [0.5, 0.6) is 0 Å². The number of carbonyl (C=O) groups excluding carboxylic acids is 1. The minimum atomic E-state index is -4.07. The highest BCUT2D eigenvalue weighted by Crippen LogP contribution is 2.36. The zero-order valence-corrected chi connectivity index (χ0v) is 15.6. The molecule has 1 saturated heterocycles. The lowest BCUT2D eigenvalue weighted by Gasteiger charge is -2.40. The Bertz CT molecular complexity index is 920. The van der Waals surface area contributed by atoms with Gasteiger partial charge >= 0.3 is 6.09 Å². The molecule has 1 amide bonds. The van der Waals surface area contributed by atoms with Crippen molar-refractivity contribution in [1.82, 2.24) is 4.31 Å². The van der Waals surface area contributed by atoms with Crippen LogP contribution in [0.3, 0.4) is 0 Å². The molecule has 0 bridgehead atoms. The average Bonchev–Trinajstić information content (AvgIpc) is 2.62. The molecule has 0 radical (unpaired) electrons. The smallest absolute Gasteiger partial charge is 0.424 e. The molecule has 0 saturated carbocycles. The van der Waals surface area contributed by atoms with Crippen LogP contribution in [0.4, 0.5) is 4.79 Å². The van der Waals surface area contributed by atoms with Crippen molar-refractivity contribution in [3.05, 3.63) is 77.9 Å². The highest BCUT2D eigenvalue weighted by molar-refractivity contribution is 7.89. The molecule has 0 N–H and O–H groups in total. The monoisotopic (exact) mass is 371 g/mol. The number of carbonyl (C=O) groups is 1. The number of amides is 1. The van der Waals surface area contributed by atoms with Gasteiger partial charge in [-0.15, -0.1) is 0 Å². The van der Waals surface area contributed by atoms with E-state index >= 15 is 0 Å². The molecule has 136 valence electrons. The van der Waals surface area contributed by atoms with Crippen LogP contribution in [-0.2, 0) is 14.8 Å². The molecule has 5 nitrogen and oxygen atoms in total. The summed E-state index contributed by atoms with van der Waals surface area (Å²) in [5, 5.41) is 0. The lowest BCUT2D eigenvalue weighted by Crippen LogP contribution is -2.53. The fourth-order valence-electron chi connectivity index (χ4n) is 3.19. The Balaban J connectivity index is 2.09. The van der Waals surface area contributed by atoms with Gasteiger partial charge in [-0.2, -0.15) is 4.31 Å². The molecular formula is C20H21NO4S. The van der Waals surface area contributed by atoms with Gasteiger partial charge < -0.3 is 4.74 Å². The second-order valence-electron chi connectivity index (χ2n) is 6.50. The van der Waals surface area contributed by atoms with E-state index in [1.54, 1.807) is 19.1 Å². The Morgan fingerprint density at radius 3 is 2.31 bits per heavy atom. The van der Waals surface area contributed by atoms with Gasteiger partial charge in [0.1, 0.15) is 6.61 Å². The number of ether oxygens (including phenoxy) is 1. The largest absolute Gasteiger partial charge is 0.448 e. The van der Waals surface area contributed by atoms with E-state index in [4.69, 9.17) is 4.74 Å². The van der Waals surface area contributed by atoms with Gasteiger partial charge in [-0.25, -0.2) is 13.2 Å². The second-order valence-corrected chi connectivity index (χ2v) is 8.31. The Hall–Kier alpha value is -2.60. The normalized spacial score (nSPS) is 20.5. The minimum Gasteiger partial charge on any atom is -0.448 e. The van der Waals surface area contributed by atoms with Crippen LogP contribution in [0.25, 0.3) is 0 Å². The standard InChI is InChI=1S/C20H21NO4S/c1-14(2)19-18(16-7-5-4-6-8-16)13-25-20(22)21(19)26(23,24)17-11-9-15(3)10-12-17/h4-12,18-19H,1,13H2,2-3H3/t18-,19-/m1/s1.